The molecule has 0 N–H and O–H groups in total. The van der Waals surface area contributed by atoms with Crippen LogP contribution in [0.15, 0.2) is 65.0 Å². The van der Waals surface area contributed by atoms with Crippen LogP contribution >= 0.6 is 23.4 Å². The summed E-state index contributed by atoms with van der Waals surface area (Å²) in [6.07, 6.45) is 3.64. The van der Waals surface area contributed by atoms with Gasteiger partial charge in [0.2, 0.25) is 0 Å². The monoisotopic (exact) mass is 302 g/mol. The third-order valence-electron chi connectivity index (χ3n) is 3.13. The van der Waals surface area contributed by atoms with Gasteiger partial charge in [0, 0.05) is 15.3 Å². The van der Waals surface area contributed by atoms with Gasteiger partial charge in [0.15, 0.2) is 0 Å². The van der Waals surface area contributed by atoms with Gasteiger partial charge in [0.25, 0.3) is 0 Å². The first-order valence-corrected chi connectivity index (χ1v) is 8.21. The molecule has 0 atom stereocenters. The smallest absolute Gasteiger partial charge is 0.0307 e. The summed E-state index contributed by atoms with van der Waals surface area (Å²) < 4.78 is 0. The van der Waals surface area contributed by atoms with E-state index in [1.54, 1.807) is 17.3 Å². The Hall–Kier alpha value is -1.18. The fourth-order valence-electron chi connectivity index (χ4n) is 1.98. The van der Waals surface area contributed by atoms with Crippen LogP contribution in [-0.4, -0.2) is 0 Å². The summed E-state index contributed by atoms with van der Waals surface area (Å²) in [4.78, 5) is 2.29. The maximum absolute atomic E-state index is 5.99. The zero-order valence-corrected chi connectivity index (χ0v) is 13.3. The highest BCUT2D eigenvalue weighted by Gasteiger charge is 2.04. The van der Waals surface area contributed by atoms with Crippen LogP contribution in [0.2, 0.25) is 0 Å². The molecule has 0 bridgehead atoms. The minimum absolute atomic E-state index is 1.08. The van der Waals surface area contributed by atoms with E-state index in [0.717, 1.165) is 11.3 Å². The van der Waals surface area contributed by atoms with E-state index in [-0.39, 0.29) is 0 Å². The summed E-state index contributed by atoms with van der Waals surface area (Å²) in [6, 6.07) is 19.0. The number of hydrogen-bond donors (Lipinski definition) is 0. The lowest BCUT2D eigenvalue weighted by molar-refractivity contribution is 0.795. The summed E-state index contributed by atoms with van der Waals surface area (Å²) in [6.45, 7) is 2.22. The summed E-state index contributed by atoms with van der Waals surface area (Å²) >= 11 is 7.69. The molecule has 0 fully saturated rings. The largest absolute Gasteiger partial charge is 0.0917 e. The molecule has 0 aliphatic carbocycles. The van der Waals surface area contributed by atoms with Crippen molar-refractivity contribution in [2.45, 2.75) is 31.1 Å². The number of hydrogen-bond acceptors (Lipinski definition) is 1. The summed E-state index contributed by atoms with van der Waals surface area (Å²) in [5.74, 6) is 0. The Morgan fingerprint density at radius 2 is 1.75 bits per heavy atom. The normalized spacial score (nSPS) is 11.6. The molecule has 0 saturated heterocycles. The van der Waals surface area contributed by atoms with Gasteiger partial charge in [-0.1, -0.05) is 79.2 Å². The predicted octanol–water partition coefficient (Wildman–Crippen LogP) is 6.36. The minimum Gasteiger partial charge on any atom is -0.0917 e. The third-order valence-corrected chi connectivity index (χ3v) is 4.56. The minimum atomic E-state index is 1.08. The Morgan fingerprint density at radius 1 is 1.05 bits per heavy atom. The molecule has 20 heavy (non-hydrogen) atoms. The quantitative estimate of drug-likeness (QED) is 0.559. The first-order chi connectivity index (χ1) is 9.83. The lowest BCUT2D eigenvalue weighted by Gasteiger charge is -2.08. The maximum atomic E-state index is 5.99. The Bertz CT molecular complexity index is 543. The second-order valence-corrected chi connectivity index (χ2v) is 6.02. The lowest BCUT2D eigenvalue weighted by atomic mass is 10.1. The Labute approximate surface area is 130 Å². The van der Waals surface area contributed by atoms with E-state index in [1.165, 1.54) is 28.9 Å². The Balaban J connectivity index is 2.08. The van der Waals surface area contributed by atoms with Crippen LogP contribution in [0, 0.1) is 0 Å². The van der Waals surface area contributed by atoms with Crippen molar-refractivity contribution in [3.8, 4) is 0 Å². The van der Waals surface area contributed by atoms with Gasteiger partial charge in [-0.3, -0.25) is 0 Å². The van der Waals surface area contributed by atoms with Crippen LogP contribution < -0.4 is 0 Å². The van der Waals surface area contributed by atoms with Crippen LogP contribution in [0.1, 0.15) is 30.9 Å². The van der Waals surface area contributed by atoms with Crippen molar-refractivity contribution in [3.05, 3.63) is 71.3 Å². The van der Waals surface area contributed by atoms with Crippen LogP contribution in [-0.2, 0) is 6.42 Å². The second-order valence-electron chi connectivity index (χ2n) is 4.69. The highest BCUT2D eigenvalue weighted by molar-refractivity contribution is 8.08. The highest BCUT2D eigenvalue weighted by atomic mass is 35.5. The molecule has 0 nitrogen and oxygen atoms in total. The van der Waals surface area contributed by atoms with E-state index in [2.05, 4.69) is 43.3 Å². The van der Waals surface area contributed by atoms with E-state index in [9.17, 15) is 0 Å². The fourth-order valence-corrected chi connectivity index (χ4v) is 3.08. The van der Waals surface area contributed by atoms with Gasteiger partial charge in [-0.05, 0) is 36.1 Å². The van der Waals surface area contributed by atoms with Crippen LogP contribution in [0.5, 0.6) is 0 Å². The van der Waals surface area contributed by atoms with E-state index < -0.39 is 0 Å². The SMILES string of the molecule is CCCCc1ccc(/C(=C\Cl)Sc2ccccc2)cc1. The summed E-state index contributed by atoms with van der Waals surface area (Å²) in [7, 11) is 0. The van der Waals surface area contributed by atoms with Gasteiger partial charge in [0.05, 0.1) is 0 Å². The zero-order valence-electron chi connectivity index (χ0n) is 11.7. The third kappa shape index (κ3) is 4.43. The molecule has 0 aliphatic heterocycles. The number of thioether (sulfide) groups is 1. The number of aryl methyl sites for hydroxylation is 1. The van der Waals surface area contributed by atoms with Crippen molar-refractivity contribution in [1.29, 1.82) is 0 Å². The maximum Gasteiger partial charge on any atom is 0.0307 e. The van der Waals surface area contributed by atoms with E-state index in [1.807, 2.05) is 18.2 Å². The number of benzene rings is 2. The molecule has 0 heterocycles. The number of unbranched alkanes of at least 4 members (excludes halogenated alkanes) is 1. The lowest BCUT2D eigenvalue weighted by Crippen LogP contribution is -1.86. The molecule has 0 aromatic heterocycles. The van der Waals surface area contributed by atoms with Crippen molar-refractivity contribution in [3.63, 3.8) is 0 Å². The van der Waals surface area contributed by atoms with Crippen LogP contribution in [0.25, 0.3) is 4.91 Å². The van der Waals surface area contributed by atoms with Crippen LogP contribution in [0.3, 0.4) is 0 Å². The average Bonchev–Trinajstić information content (AvgIpc) is 2.52. The van der Waals surface area contributed by atoms with Crippen molar-refractivity contribution in [2.24, 2.45) is 0 Å². The molecule has 0 unspecified atom stereocenters. The van der Waals surface area contributed by atoms with Gasteiger partial charge in [-0.15, -0.1) is 0 Å². The van der Waals surface area contributed by atoms with Gasteiger partial charge < -0.3 is 0 Å². The van der Waals surface area contributed by atoms with Crippen LogP contribution in [0.4, 0.5) is 0 Å². The second kappa shape index (κ2) is 8.18. The highest BCUT2D eigenvalue weighted by Crippen LogP contribution is 2.34. The van der Waals surface area contributed by atoms with Crippen molar-refractivity contribution < 1.29 is 0 Å². The van der Waals surface area contributed by atoms with Crippen molar-refractivity contribution in [1.82, 2.24) is 0 Å². The molecule has 2 aromatic rings. The van der Waals surface area contributed by atoms with Gasteiger partial charge in [-0.25, -0.2) is 0 Å². The van der Waals surface area contributed by atoms with E-state index in [0.29, 0.717) is 0 Å². The predicted molar refractivity (Wildman–Crippen MR) is 91.2 cm³/mol. The van der Waals surface area contributed by atoms with Gasteiger partial charge in [0.1, 0.15) is 0 Å². The van der Waals surface area contributed by atoms with Crippen molar-refractivity contribution >= 4 is 28.3 Å². The fraction of sp³-hybridized carbons (Fsp3) is 0.222. The summed E-state index contributed by atoms with van der Waals surface area (Å²) in [5.41, 5.74) is 4.24. The molecule has 0 radical (unpaired) electrons. The van der Waals surface area contributed by atoms with Crippen molar-refractivity contribution in [2.75, 3.05) is 0 Å². The Morgan fingerprint density at radius 3 is 2.35 bits per heavy atom. The molecule has 0 spiro atoms. The molecule has 2 aromatic carbocycles. The zero-order chi connectivity index (χ0) is 14.2. The molecule has 2 heteroatoms. The molecular weight excluding hydrogens is 284 g/mol. The molecule has 0 aliphatic rings. The van der Waals surface area contributed by atoms with Gasteiger partial charge in [-0.2, -0.15) is 0 Å². The standard InChI is InChI=1S/C18H19ClS/c1-2-3-7-15-10-12-16(13-11-15)18(14-19)20-17-8-5-4-6-9-17/h4-6,8-14H,2-3,7H2,1H3/b18-14+. The molecule has 0 amide bonds. The van der Waals surface area contributed by atoms with E-state index in [4.69, 9.17) is 11.6 Å². The summed E-state index contributed by atoms with van der Waals surface area (Å²) in [5, 5.41) is 0. The Kier molecular flexibility index (Phi) is 6.23. The molecule has 0 saturated carbocycles. The number of rotatable bonds is 6. The van der Waals surface area contributed by atoms with Gasteiger partial charge >= 0.3 is 0 Å². The molecular formula is C18H19ClS. The molecule has 2 rings (SSSR count). The number of halogens is 1. The first-order valence-electron chi connectivity index (χ1n) is 6.96. The van der Waals surface area contributed by atoms with E-state index >= 15 is 0 Å². The molecule has 104 valence electrons. The average molecular weight is 303 g/mol. The first kappa shape index (κ1) is 15.2. The topological polar surface area (TPSA) is 0 Å².